The number of halogens is 1. The lowest BCUT2D eigenvalue weighted by Crippen LogP contribution is -2.49. The van der Waals surface area contributed by atoms with Crippen LogP contribution >= 0.6 is 15.9 Å². The monoisotopic (exact) mass is 484 g/mol. The second kappa shape index (κ2) is 11.5. The minimum absolute atomic E-state index is 0.0107. The van der Waals surface area contributed by atoms with Crippen molar-refractivity contribution in [2.75, 3.05) is 0 Å². The molecule has 1 aliphatic carbocycles. The van der Waals surface area contributed by atoms with Crippen LogP contribution in [0.1, 0.15) is 62.6 Å². The fourth-order valence-corrected chi connectivity index (χ4v) is 4.36. The zero-order valence-electron chi connectivity index (χ0n) is 18.6. The van der Waals surface area contributed by atoms with Gasteiger partial charge >= 0.3 is 0 Å². The van der Waals surface area contributed by atoms with Crippen LogP contribution in [0, 0.1) is 0 Å². The highest BCUT2D eigenvalue weighted by molar-refractivity contribution is 9.10. The van der Waals surface area contributed by atoms with Crippen molar-refractivity contribution in [3.8, 4) is 0 Å². The van der Waals surface area contributed by atoms with Crippen molar-refractivity contribution < 1.29 is 9.59 Å². The molecule has 2 aromatic carbocycles. The molecule has 5 heteroatoms. The van der Waals surface area contributed by atoms with Crippen molar-refractivity contribution in [1.82, 2.24) is 10.2 Å². The van der Waals surface area contributed by atoms with Crippen molar-refractivity contribution in [2.45, 2.75) is 77.4 Å². The number of hydrogen-bond acceptors (Lipinski definition) is 2. The number of nitrogens with zero attached hydrogens (tertiary/aromatic N) is 1. The third-order valence-electron chi connectivity index (χ3n) is 6.19. The minimum atomic E-state index is -0.501. The van der Waals surface area contributed by atoms with Crippen LogP contribution in [0.25, 0.3) is 0 Å². The van der Waals surface area contributed by atoms with E-state index in [1.165, 1.54) is 5.56 Å². The van der Waals surface area contributed by atoms with Crippen LogP contribution in [0.2, 0.25) is 0 Å². The van der Waals surface area contributed by atoms with Gasteiger partial charge in [-0.25, -0.2) is 0 Å². The zero-order valence-corrected chi connectivity index (χ0v) is 20.2. The summed E-state index contributed by atoms with van der Waals surface area (Å²) in [4.78, 5) is 27.9. The Labute approximate surface area is 194 Å². The first kappa shape index (κ1) is 23.5. The lowest BCUT2D eigenvalue weighted by molar-refractivity contribution is -0.140. The molecule has 0 heterocycles. The molecular weight excluding hydrogens is 452 g/mol. The minimum Gasteiger partial charge on any atom is -0.352 e. The van der Waals surface area contributed by atoms with Crippen LogP contribution in [0.3, 0.4) is 0 Å². The number of rotatable bonds is 9. The summed E-state index contributed by atoms with van der Waals surface area (Å²) in [7, 11) is 0. The molecule has 2 aromatic rings. The van der Waals surface area contributed by atoms with Gasteiger partial charge in [0.15, 0.2) is 0 Å². The Morgan fingerprint density at radius 1 is 1.00 bits per heavy atom. The molecule has 1 N–H and O–H groups in total. The molecule has 166 valence electrons. The van der Waals surface area contributed by atoms with Crippen LogP contribution in [0.5, 0.6) is 0 Å². The summed E-state index contributed by atoms with van der Waals surface area (Å²) in [6, 6.07) is 16.1. The van der Waals surface area contributed by atoms with Crippen molar-refractivity contribution in [2.24, 2.45) is 0 Å². The Bertz CT molecular complexity index is 858. The van der Waals surface area contributed by atoms with Crippen molar-refractivity contribution in [1.29, 1.82) is 0 Å². The van der Waals surface area contributed by atoms with Gasteiger partial charge in [0.1, 0.15) is 6.04 Å². The average Bonchev–Trinajstić information content (AvgIpc) is 3.30. The fraction of sp³-hybridized carbons (Fsp3) is 0.462. The van der Waals surface area contributed by atoms with Gasteiger partial charge in [0, 0.05) is 23.5 Å². The molecule has 0 unspecified atom stereocenters. The largest absolute Gasteiger partial charge is 0.352 e. The van der Waals surface area contributed by atoms with Gasteiger partial charge in [-0.1, -0.05) is 72.1 Å². The molecule has 31 heavy (non-hydrogen) atoms. The standard InChI is InChI=1S/C26H33BrN2O2/c1-3-20-8-10-21(11-9-20)14-17-25(30)29(18-22-12-15-23(27)16-13-22)19(2)26(31)28-24-6-4-5-7-24/h8-13,15-16,19,24H,3-7,14,17-18H2,1-2H3,(H,28,31)/t19-/m1/s1. The molecule has 0 radical (unpaired) electrons. The highest BCUT2D eigenvalue weighted by Crippen LogP contribution is 2.19. The van der Waals surface area contributed by atoms with Gasteiger partial charge in [-0.2, -0.15) is 0 Å². The molecule has 2 amide bonds. The molecule has 0 aliphatic heterocycles. The summed E-state index contributed by atoms with van der Waals surface area (Å²) in [6.45, 7) is 4.41. The quantitative estimate of drug-likeness (QED) is 0.516. The second-order valence-corrected chi connectivity index (χ2v) is 9.40. The third kappa shape index (κ3) is 6.93. The van der Waals surface area contributed by atoms with Crippen LogP contribution in [0.15, 0.2) is 53.0 Å². The summed E-state index contributed by atoms with van der Waals surface area (Å²) in [5.41, 5.74) is 3.46. The van der Waals surface area contributed by atoms with E-state index in [1.54, 1.807) is 4.90 Å². The van der Waals surface area contributed by atoms with Gasteiger partial charge in [-0.3, -0.25) is 9.59 Å². The normalized spacial score (nSPS) is 14.9. The van der Waals surface area contributed by atoms with Crippen LogP contribution < -0.4 is 5.32 Å². The third-order valence-corrected chi connectivity index (χ3v) is 6.72. The number of aryl methyl sites for hydroxylation is 2. The summed E-state index contributed by atoms with van der Waals surface area (Å²) in [5.74, 6) is -0.0405. The summed E-state index contributed by atoms with van der Waals surface area (Å²) >= 11 is 3.46. The number of benzene rings is 2. The summed E-state index contributed by atoms with van der Waals surface area (Å²) in [5, 5.41) is 3.15. The number of hydrogen-bond donors (Lipinski definition) is 1. The molecule has 1 atom stereocenters. The Hall–Kier alpha value is -2.14. The van der Waals surface area contributed by atoms with E-state index in [9.17, 15) is 9.59 Å². The van der Waals surface area contributed by atoms with Gasteiger partial charge in [-0.05, 0) is 61.4 Å². The van der Waals surface area contributed by atoms with E-state index in [0.717, 1.165) is 47.7 Å². The first-order valence-electron chi connectivity index (χ1n) is 11.4. The van der Waals surface area contributed by atoms with Gasteiger partial charge in [0.2, 0.25) is 11.8 Å². The zero-order chi connectivity index (χ0) is 22.2. The molecule has 0 saturated heterocycles. The second-order valence-electron chi connectivity index (χ2n) is 8.48. The van der Waals surface area contributed by atoms with E-state index in [0.29, 0.717) is 19.4 Å². The predicted molar refractivity (Wildman–Crippen MR) is 129 cm³/mol. The molecule has 3 rings (SSSR count). The molecule has 0 bridgehead atoms. The fourth-order valence-electron chi connectivity index (χ4n) is 4.10. The Morgan fingerprint density at radius 2 is 1.58 bits per heavy atom. The maximum absolute atomic E-state index is 13.2. The Kier molecular flexibility index (Phi) is 8.70. The highest BCUT2D eigenvalue weighted by Gasteiger charge is 2.28. The van der Waals surface area contributed by atoms with E-state index in [-0.39, 0.29) is 17.9 Å². The molecule has 1 fully saturated rings. The first-order chi connectivity index (χ1) is 15.0. The molecule has 4 nitrogen and oxygen atoms in total. The van der Waals surface area contributed by atoms with Gasteiger partial charge in [-0.15, -0.1) is 0 Å². The Morgan fingerprint density at radius 3 is 2.19 bits per heavy atom. The highest BCUT2D eigenvalue weighted by atomic mass is 79.9. The number of nitrogens with one attached hydrogen (secondary N) is 1. The smallest absolute Gasteiger partial charge is 0.242 e. The lowest BCUT2D eigenvalue weighted by atomic mass is 10.0. The lowest BCUT2D eigenvalue weighted by Gasteiger charge is -2.30. The van der Waals surface area contributed by atoms with Gasteiger partial charge < -0.3 is 10.2 Å². The van der Waals surface area contributed by atoms with Crippen LogP contribution in [-0.2, 0) is 29.0 Å². The van der Waals surface area contributed by atoms with E-state index in [2.05, 4.69) is 52.4 Å². The SMILES string of the molecule is CCc1ccc(CCC(=O)N(Cc2ccc(Br)cc2)[C@H](C)C(=O)NC2CCCC2)cc1. The molecule has 1 aliphatic rings. The maximum atomic E-state index is 13.2. The van der Waals surface area contributed by atoms with Crippen LogP contribution in [0.4, 0.5) is 0 Å². The molecular formula is C26H33BrN2O2. The van der Waals surface area contributed by atoms with Crippen molar-refractivity contribution in [3.05, 3.63) is 69.7 Å². The number of carbonyl (C=O) groups is 2. The number of amides is 2. The van der Waals surface area contributed by atoms with Crippen LogP contribution in [-0.4, -0.2) is 28.8 Å². The average molecular weight is 485 g/mol. The summed E-state index contributed by atoms with van der Waals surface area (Å²) < 4.78 is 0.997. The van der Waals surface area contributed by atoms with E-state index < -0.39 is 6.04 Å². The van der Waals surface area contributed by atoms with Crippen molar-refractivity contribution >= 4 is 27.7 Å². The molecule has 0 spiro atoms. The maximum Gasteiger partial charge on any atom is 0.242 e. The van der Waals surface area contributed by atoms with E-state index in [4.69, 9.17) is 0 Å². The number of carbonyl (C=O) groups excluding carboxylic acids is 2. The molecule has 0 aromatic heterocycles. The topological polar surface area (TPSA) is 49.4 Å². The van der Waals surface area contributed by atoms with Crippen molar-refractivity contribution in [3.63, 3.8) is 0 Å². The van der Waals surface area contributed by atoms with Gasteiger partial charge in [0.25, 0.3) is 0 Å². The van der Waals surface area contributed by atoms with E-state index in [1.807, 2.05) is 31.2 Å². The Balaban J connectivity index is 1.68. The predicted octanol–water partition coefficient (Wildman–Crippen LogP) is 5.42. The summed E-state index contributed by atoms with van der Waals surface area (Å²) in [6.07, 6.45) is 6.47. The van der Waals surface area contributed by atoms with E-state index >= 15 is 0 Å². The van der Waals surface area contributed by atoms with Gasteiger partial charge in [0.05, 0.1) is 0 Å². The molecule has 1 saturated carbocycles. The first-order valence-corrected chi connectivity index (χ1v) is 12.2.